The summed E-state index contributed by atoms with van der Waals surface area (Å²) in [6, 6.07) is 4.86. The molecule has 0 saturated heterocycles. The van der Waals surface area contributed by atoms with Gasteiger partial charge in [-0.3, -0.25) is 0 Å². The highest BCUT2D eigenvalue weighted by Crippen LogP contribution is 2.17. The predicted molar refractivity (Wildman–Crippen MR) is 67.9 cm³/mol. The van der Waals surface area contributed by atoms with Crippen LogP contribution in [-0.4, -0.2) is 34.2 Å². The van der Waals surface area contributed by atoms with Crippen LogP contribution in [0.4, 0.5) is 0 Å². The van der Waals surface area contributed by atoms with Gasteiger partial charge in [-0.1, -0.05) is 13.8 Å². The summed E-state index contributed by atoms with van der Waals surface area (Å²) in [5.74, 6) is 0. The molecule has 2 N–H and O–H groups in total. The summed E-state index contributed by atoms with van der Waals surface area (Å²) in [4.78, 5) is -0.0559. The molecule has 0 aromatic heterocycles. The zero-order valence-electron chi connectivity index (χ0n) is 10.2. The van der Waals surface area contributed by atoms with Crippen LogP contribution in [0.1, 0.15) is 13.8 Å². The van der Waals surface area contributed by atoms with Gasteiger partial charge in [-0.05, 0) is 24.3 Å². The molecule has 6 nitrogen and oxygen atoms in total. The normalized spacial score (nSPS) is 12.9. The largest absolute Gasteiger partial charge is 0.243 e. The minimum Gasteiger partial charge on any atom is -0.225 e. The van der Waals surface area contributed by atoms with Crippen LogP contribution in [0.2, 0.25) is 0 Å². The zero-order valence-corrected chi connectivity index (χ0v) is 11.8. The molecule has 0 aliphatic rings. The molecular formula is C10H16N2O4S2. The minimum atomic E-state index is -3.80. The van der Waals surface area contributed by atoms with Crippen LogP contribution in [0.5, 0.6) is 0 Å². The van der Waals surface area contributed by atoms with Gasteiger partial charge in [-0.15, -0.1) is 0 Å². The fraction of sp³-hybridized carbons (Fsp3) is 0.400. The molecule has 0 unspecified atom stereocenters. The fourth-order valence-electron chi connectivity index (χ4n) is 1.51. The van der Waals surface area contributed by atoms with Crippen molar-refractivity contribution in [3.63, 3.8) is 0 Å². The predicted octanol–water partition coefficient (Wildman–Crippen LogP) is 0.365. The number of rotatable bonds is 5. The van der Waals surface area contributed by atoms with Crippen molar-refractivity contribution in [3.8, 4) is 0 Å². The van der Waals surface area contributed by atoms with Gasteiger partial charge in [0.1, 0.15) is 0 Å². The van der Waals surface area contributed by atoms with Crippen molar-refractivity contribution < 1.29 is 16.8 Å². The maximum Gasteiger partial charge on any atom is 0.243 e. The van der Waals surface area contributed by atoms with Crippen LogP contribution in [0.3, 0.4) is 0 Å². The maximum atomic E-state index is 12.1. The van der Waals surface area contributed by atoms with E-state index >= 15 is 0 Å². The van der Waals surface area contributed by atoms with Crippen LogP contribution in [0.25, 0.3) is 0 Å². The SMILES string of the molecule is CCN(CC)S(=O)(=O)c1ccc(S(N)(=O)=O)cc1. The second-order valence-corrected chi connectivity index (χ2v) is 7.11. The van der Waals surface area contributed by atoms with Gasteiger partial charge < -0.3 is 0 Å². The second kappa shape index (κ2) is 5.35. The number of benzene rings is 1. The van der Waals surface area contributed by atoms with Crippen molar-refractivity contribution in [3.05, 3.63) is 24.3 Å². The monoisotopic (exact) mass is 292 g/mol. The van der Waals surface area contributed by atoms with Gasteiger partial charge in [0.2, 0.25) is 20.0 Å². The van der Waals surface area contributed by atoms with Gasteiger partial charge in [0.05, 0.1) is 9.79 Å². The Bertz CT molecular complexity index is 602. The molecule has 1 rings (SSSR count). The third-order valence-electron chi connectivity index (χ3n) is 2.50. The molecule has 0 fully saturated rings. The number of hydrogen-bond donors (Lipinski definition) is 1. The summed E-state index contributed by atoms with van der Waals surface area (Å²) < 4.78 is 47.6. The third kappa shape index (κ3) is 3.08. The van der Waals surface area contributed by atoms with E-state index in [1.807, 2.05) is 0 Å². The van der Waals surface area contributed by atoms with E-state index < -0.39 is 20.0 Å². The van der Waals surface area contributed by atoms with Crippen molar-refractivity contribution in [2.75, 3.05) is 13.1 Å². The molecule has 0 amide bonds. The van der Waals surface area contributed by atoms with Crippen LogP contribution >= 0.6 is 0 Å². The van der Waals surface area contributed by atoms with Crippen molar-refractivity contribution in [1.82, 2.24) is 4.31 Å². The highest BCUT2D eigenvalue weighted by molar-refractivity contribution is 7.89. The molecule has 8 heteroatoms. The number of nitrogens with two attached hydrogens (primary N) is 1. The van der Waals surface area contributed by atoms with E-state index in [1.165, 1.54) is 28.6 Å². The molecule has 0 heterocycles. The highest BCUT2D eigenvalue weighted by atomic mass is 32.2. The zero-order chi connectivity index (χ0) is 14.0. The Morgan fingerprint density at radius 3 is 1.67 bits per heavy atom. The molecular weight excluding hydrogens is 276 g/mol. The van der Waals surface area contributed by atoms with Gasteiger partial charge in [-0.2, -0.15) is 4.31 Å². The van der Waals surface area contributed by atoms with Gasteiger partial charge in [0.15, 0.2) is 0 Å². The van der Waals surface area contributed by atoms with E-state index in [0.717, 1.165) is 0 Å². The Morgan fingerprint density at radius 1 is 0.944 bits per heavy atom. The lowest BCUT2D eigenvalue weighted by molar-refractivity contribution is 0.445. The first-order valence-corrected chi connectivity index (χ1v) is 8.35. The number of hydrogen-bond acceptors (Lipinski definition) is 4. The number of nitrogens with zero attached hydrogens (tertiary/aromatic N) is 1. The van der Waals surface area contributed by atoms with Crippen LogP contribution in [0.15, 0.2) is 34.1 Å². The molecule has 0 bridgehead atoms. The summed E-state index contributed by atoms with van der Waals surface area (Å²) in [5.41, 5.74) is 0. The average molecular weight is 292 g/mol. The molecule has 0 radical (unpaired) electrons. The third-order valence-corrected chi connectivity index (χ3v) is 5.49. The average Bonchev–Trinajstić information content (AvgIpc) is 2.29. The van der Waals surface area contributed by atoms with E-state index in [1.54, 1.807) is 13.8 Å². The molecule has 0 atom stereocenters. The van der Waals surface area contributed by atoms with Crippen LogP contribution in [-0.2, 0) is 20.0 Å². The van der Waals surface area contributed by atoms with Gasteiger partial charge in [0, 0.05) is 13.1 Å². The molecule has 102 valence electrons. The number of primary sulfonamides is 1. The Kier molecular flexibility index (Phi) is 4.49. The minimum absolute atomic E-state index is 0.0543. The molecule has 18 heavy (non-hydrogen) atoms. The lowest BCUT2D eigenvalue weighted by atomic mass is 10.4. The fourth-order valence-corrected chi connectivity index (χ4v) is 3.49. The van der Waals surface area contributed by atoms with Gasteiger partial charge in [-0.25, -0.2) is 22.0 Å². The first kappa shape index (κ1) is 15.1. The Morgan fingerprint density at radius 2 is 1.33 bits per heavy atom. The quantitative estimate of drug-likeness (QED) is 0.847. The first-order chi connectivity index (χ1) is 8.23. The Balaban J connectivity index is 3.21. The van der Waals surface area contributed by atoms with E-state index in [9.17, 15) is 16.8 Å². The summed E-state index contributed by atoms with van der Waals surface area (Å²) in [6.07, 6.45) is 0. The maximum absolute atomic E-state index is 12.1. The lowest BCUT2D eigenvalue weighted by Crippen LogP contribution is -2.30. The molecule has 0 spiro atoms. The Labute approximate surface area is 108 Å². The first-order valence-electron chi connectivity index (χ1n) is 5.36. The standard InChI is InChI=1S/C10H16N2O4S2/c1-3-12(4-2)18(15,16)10-7-5-9(6-8-10)17(11,13)14/h5-8H,3-4H2,1-2H3,(H2,11,13,14). The molecule has 0 aliphatic carbocycles. The van der Waals surface area contributed by atoms with Gasteiger partial charge >= 0.3 is 0 Å². The smallest absolute Gasteiger partial charge is 0.225 e. The van der Waals surface area contributed by atoms with Gasteiger partial charge in [0.25, 0.3) is 0 Å². The van der Waals surface area contributed by atoms with Crippen molar-refractivity contribution in [2.24, 2.45) is 5.14 Å². The summed E-state index contributed by atoms with van der Waals surface area (Å²) in [6.45, 7) is 4.19. The van der Waals surface area contributed by atoms with E-state index in [-0.39, 0.29) is 9.79 Å². The van der Waals surface area contributed by atoms with Crippen molar-refractivity contribution in [1.29, 1.82) is 0 Å². The Hall–Kier alpha value is -0.960. The molecule has 0 aliphatic heterocycles. The van der Waals surface area contributed by atoms with Crippen molar-refractivity contribution in [2.45, 2.75) is 23.6 Å². The van der Waals surface area contributed by atoms with E-state index in [0.29, 0.717) is 13.1 Å². The molecule has 1 aromatic carbocycles. The summed E-state index contributed by atoms with van der Waals surface area (Å²) >= 11 is 0. The lowest BCUT2D eigenvalue weighted by Gasteiger charge is -2.18. The number of sulfonamides is 2. The topological polar surface area (TPSA) is 97.5 Å². The molecule has 0 saturated carbocycles. The van der Waals surface area contributed by atoms with Crippen LogP contribution in [0, 0.1) is 0 Å². The second-order valence-electron chi connectivity index (χ2n) is 3.61. The van der Waals surface area contributed by atoms with E-state index in [4.69, 9.17) is 5.14 Å². The van der Waals surface area contributed by atoms with E-state index in [2.05, 4.69) is 0 Å². The molecule has 1 aromatic rings. The summed E-state index contributed by atoms with van der Waals surface area (Å²) in [7, 11) is -7.37. The van der Waals surface area contributed by atoms with Crippen molar-refractivity contribution >= 4 is 20.0 Å². The summed E-state index contributed by atoms with van der Waals surface area (Å²) in [5, 5.41) is 4.94. The highest BCUT2D eigenvalue weighted by Gasteiger charge is 2.21. The van der Waals surface area contributed by atoms with Crippen LogP contribution < -0.4 is 5.14 Å².